The van der Waals surface area contributed by atoms with E-state index in [1.165, 1.54) is 41.5 Å². The molecular weight excluding hydrogens is 785 g/mol. The third-order valence-corrected chi connectivity index (χ3v) is 11.8. The van der Waals surface area contributed by atoms with E-state index in [-0.39, 0.29) is 44.5 Å². The highest BCUT2D eigenvalue weighted by Gasteiger charge is 2.75. The molecule has 2 aromatic carbocycles. The lowest BCUT2D eigenvalue weighted by molar-refractivity contribution is -0.0428. The third-order valence-electron chi connectivity index (χ3n) is 10.3. The number of urea groups is 2. The summed E-state index contributed by atoms with van der Waals surface area (Å²) in [5.41, 5.74) is -4.95. The molecule has 2 aromatic rings. The maximum absolute atomic E-state index is 14.6. The van der Waals surface area contributed by atoms with Crippen LogP contribution in [0.3, 0.4) is 0 Å². The Labute approximate surface area is 297 Å². The molecule has 286 valence electrons. The molecule has 4 aliphatic rings. The Bertz CT molecular complexity index is 2140. The molecule has 52 heavy (non-hydrogen) atoms. The lowest BCUT2D eigenvalue weighted by Gasteiger charge is -2.44. The molecule has 4 N–H and O–H groups in total. The van der Waals surface area contributed by atoms with Crippen molar-refractivity contribution in [2.75, 3.05) is 0 Å². The fraction of sp³-hybridized carbons (Fsp3) is 0.462. The minimum Gasteiger partial charge on any atom is -0.361 e. The predicted molar refractivity (Wildman–Crippen MR) is 170 cm³/mol. The molecule has 0 bridgehead atoms. The number of nitrogens with zero attached hydrogens (tertiary/aromatic N) is 4. The largest absolute Gasteiger partial charge is 0.446 e. The SMILES string of the molecule is Cc1c(C)c(OS(=O)(=O)O)c2c(c1OS(=O)(=O)O)CN1C(=O)N3Cc4c(c(OS(=O)(=O)O)c(C)c(C)c4OS(=O)(=O)O)CN4C(=O)N(C2)[C@]1(C)[C@]43C. The third kappa shape index (κ3) is 5.55. The van der Waals surface area contributed by atoms with Crippen LogP contribution in [0.5, 0.6) is 23.0 Å². The first-order valence-electron chi connectivity index (χ1n) is 14.7. The molecule has 26 heteroatoms. The van der Waals surface area contributed by atoms with Gasteiger partial charge in [-0.15, -0.1) is 0 Å². The molecule has 2 saturated heterocycles. The zero-order chi connectivity index (χ0) is 39.0. The normalized spacial score (nSPS) is 22.8. The van der Waals surface area contributed by atoms with Crippen LogP contribution in [0, 0.1) is 27.7 Å². The van der Waals surface area contributed by atoms with Crippen LogP contribution < -0.4 is 16.7 Å². The van der Waals surface area contributed by atoms with Gasteiger partial charge >= 0.3 is 53.7 Å². The summed E-state index contributed by atoms with van der Waals surface area (Å²) in [4.78, 5) is 33.7. The number of fused-ring (bicyclic) bond motifs is 2. The van der Waals surface area contributed by atoms with Gasteiger partial charge in [-0.3, -0.25) is 37.8 Å². The van der Waals surface area contributed by atoms with Crippen molar-refractivity contribution in [3.8, 4) is 23.0 Å². The van der Waals surface area contributed by atoms with E-state index in [0.717, 1.165) is 19.6 Å². The van der Waals surface area contributed by atoms with Gasteiger partial charge in [0.15, 0.2) is 34.3 Å². The molecule has 4 aliphatic heterocycles. The highest BCUT2D eigenvalue weighted by atomic mass is 32.3. The number of carbonyl (C=O) groups is 2. The van der Waals surface area contributed by atoms with E-state index in [4.69, 9.17) is 16.7 Å². The Balaban J connectivity index is 1.65. The molecule has 4 heterocycles. The van der Waals surface area contributed by atoms with Crippen molar-refractivity contribution < 1.29 is 78.2 Å². The van der Waals surface area contributed by atoms with E-state index in [9.17, 15) is 61.5 Å². The van der Waals surface area contributed by atoms with Gasteiger partial charge in [0.25, 0.3) is 0 Å². The Kier molecular flexibility index (Phi) is 8.07. The summed E-state index contributed by atoms with van der Waals surface area (Å²) in [7, 11) is -21.0. The fourth-order valence-electron chi connectivity index (χ4n) is 7.55. The average Bonchev–Trinajstić information content (AvgIpc) is 3.12. The monoisotopic (exact) mass is 814 g/mol. The Morgan fingerprint density at radius 1 is 0.442 bits per heavy atom. The van der Waals surface area contributed by atoms with Gasteiger partial charge in [-0.05, 0) is 63.8 Å². The summed E-state index contributed by atoms with van der Waals surface area (Å²) in [6.45, 7) is 5.41. The molecule has 0 aromatic heterocycles. The van der Waals surface area contributed by atoms with E-state index < -0.39 is 114 Å². The molecule has 0 atom stereocenters. The summed E-state index contributed by atoms with van der Waals surface area (Å²) in [6, 6.07) is -1.82. The van der Waals surface area contributed by atoms with Crippen LogP contribution in [0.25, 0.3) is 0 Å². The van der Waals surface area contributed by atoms with Gasteiger partial charge < -0.3 is 16.7 Å². The van der Waals surface area contributed by atoms with Gasteiger partial charge in [-0.1, -0.05) is 0 Å². The standard InChI is InChI=1S/C26H30N4O18S4/c1-11-12(2)20(46-50(36,37)38)16-8-28-24(32)30-10-18-17(21(47-51(39,40)41)13(3)14(4)22(18)48-52(42,43)44)9-29-23(31)27(25(28,5)26(29,30)6)7-15(16)19(11)45-49(33,34)35/h7-10H2,1-6H3,(H,33,34,35)(H,36,37,38)(H,39,40,41)(H,42,43,44)/t25-,26+. The molecule has 0 spiro atoms. The highest BCUT2D eigenvalue weighted by Crippen LogP contribution is 2.59. The van der Waals surface area contributed by atoms with E-state index in [1.807, 2.05) is 0 Å². The van der Waals surface area contributed by atoms with Crippen molar-refractivity contribution in [2.24, 2.45) is 0 Å². The first-order valence-corrected chi connectivity index (χ1v) is 20.1. The number of hydrogen-bond donors (Lipinski definition) is 4. The zero-order valence-corrected chi connectivity index (χ0v) is 31.0. The zero-order valence-electron chi connectivity index (χ0n) is 27.8. The number of hydrogen-bond acceptors (Lipinski definition) is 14. The second kappa shape index (κ2) is 11.2. The van der Waals surface area contributed by atoms with Crippen molar-refractivity contribution in [1.29, 1.82) is 0 Å². The summed E-state index contributed by atoms with van der Waals surface area (Å²) in [5, 5.41) is 0. The summed E-state index contributed by atoms with van der Waals surface area (Å²) in [5.74, 6) is -2.17. The van der Waals surface area contributed by atoms with Crippen molar-refractivity contribution in [1.82, 2.24) is 19.6 Å². The second-order valence-electron chi connectivity index (χ2n) is 12.7. The van der Waals surface area contributed by atoms with Gasteiger partial charge in [-0.2, -0.15) is 33.7 Å². The van der Waals surface area contributed by atoms with E-state index in [0.29, 0.717) is 0 Å². The van der Waals surface area contributed by atoms with Gasteiger partial charge in [0, 0.05) is 22.3 Å². The first-order chi connectivity index (χ1) is 23.5. The molecule has 0 radical (unpaired) electrons. The molecule has 0 unspecified atom stereocenters. The van der Waals surface area contributed by atoms with Crippen molar-refractivity contribution in [3.05, 3.63) is 44.5 Å². The molecule has 22 nitrogen and oxygen atoms in total. The van der Waals surface area contributed by atoms with Gasteiger partial charge in [0.05, 0.1) is 26.2 Å². The van der Waals surface area contributed by atoms with Crippen LogP contribution in [0.2, 0.25) is 0 Å². The van der Waals surface area contributed by atoms with Crippen LogP contribution in [0.15, 0.2) is 0 Å². The number of benzene rings is 2. The van der Waals surface area contributed by atoms with Crippen LogP contribution in [0.1, 0.15) is 58.4 Å². The number of amides is 4. The lowest BCUT2D eigenvalue weighted by atomic mass is 9.95. The predicted octanol–water partition coefficient (Wildman–Crippen LogP) is 1.28. The van der Waals surface area contributed by atoms with Crippen LogP contribution >= 0.6 is 0 Å². The van der Waals surface area contributed by atoms with Gasteiger partial charge in [0.2, 0.25) is 0 Å². The minimum absolute atomic E-state index is 0.0966. The molecule has 2 fully saturated rings. The van der Waals surface area contributed by atoms with Crippen molar-refractivity contribution in [2.45, 2.75) is 79.0 Å². The summed E-state index contributed by atoms with van der Waals surface area (Å²) < 4.78 is 154. The fourth-order valence-corrected chi connectivity index (χ4v) is 9.29. The maximum atomic E-state index is 14.6. The first kappa shape index (κ1) is 37.6. The van der Waals surface area contributed by atoms with E-state index >= 15 is 0 Å². The molecular formula is C26H30N4O18S4. The van der Waals surface area contributed by atoms with E-state index in [1.54, 1.807) is 0 Å². The molecule has 0 saturated carbocycles. The summed E-state index contributed by atoms with van der Waals surface area (Å²) >= 11 is 0. The van der Waals surface area contributed by atoms with Gasteiger partial charge in [-0.25, -0.2) is 9.59 Å². The smallest absolute Gasteiger partial charge is 0.361 e. The summed E-state index contributed by atoms with van der Waals surface area (Å²) in [6.07, 6.45) is 0. The average molecular weight is 815 g/mol. The lowest BCUT2D eigenvalue weighted by Crippen LogP contribution is -2.63. The molecule has 4 amide bonds. The Hall–Kier alpha value is -4.18. The highest BCUT2D eigenvalue weighted by molar-refractivity contribution is 7.82. The maximum Gasteiger partial charge on any atom is 0.446 e. The second-order valence-corrected chi connectivity index (χ2v) is 16.8. The molecule has 6 rings (SSSR count). The quantitative estimate of drug-likeness (QED) is 0.273. The van der Waals surface area contributed by atoms with Crippen LogP contribution in [-0.4, -0.2) is 94.9 Å². The van der Waals surface area contributed by atoms with Gasteiger partial charge in [0.1, 0.15) is 0 Å². The minimum atomic E-state index is -5.26. The van der Waals surface area contributed by atoms with E-state index in [2.05, 4.69) is 0 Å². The van der Waals surface area contributed by atoms with Crippen LogP contribution in [0.4, 0.5) is 9.59 Å². The van der Waals surface area contributed by atoms with Crippen molar-refractivity contribution >= 4 is 53.7 Å². The topological polar surface area (TPSA) is 302 Å². The van der Waals surface area contributed by atoms with Crippen molar-refractivity contribution in [3.63, 3.8) is 0 Å². The van der Waals surface area contributed by atoms with Crippen LogP contribution in [-0.2, 0) is 67.8 Å². The number of rotatable bonds is 8. The number of carbonyl (C=O) groups excluding carboxylic acids is 2. The molecule has 0 aliphatic carbocycles. The Morgan fingerprint density at radius 3 is 0.769 bits per heavy atom. The Morgan fingerprint density at radius 2 is 0.615 bits per heavy atom.